The number of hydrogen-bond acceptors (Lipinski definition) is 2. The molecule has 2 aliphatic rings. The second kappa shape index (κ2) is 3.30. The summed E-state index contributed by atoms with van der Waals surface area (Å²) in [4.78, 5) is 2.30. The lowest BCUT2D eigenvalue weighted by Gasteiger charge is -2.37. The minimum atomic E-state index is -0.568. The molecule has 0 aromatic heterocycles. The highest BCUT2D eigenvalue weighted by Gasteiger charge is 2.39. The fourth-order valence-corrected chi connectivity index (χ4v) is 2.57. The van der Waals surface area contributed by atoms with Crippen LogP contribution in [0.15, 0.2) is 0 Å². The number of fused-ring (bicyclic) bond motifs is 1. The molecule has 1 N–H and O–H groups in total. The second-order valence-electron chi connectivity index (χ2n) is 3.85. The Hall–Kier alpha value is -0.150. The van der Waals surface area contributed by atoms with Crippen LogP contribution in [0.4, 0.5) is 4.39 Å². The number of nitrogens with one attached hydrogen (secondary N) is 1. The Kier molecular flexibility index (Phi) is 2.33. The molecular formula is C9H17FN2. The van der Waals surface area contributed by atoms with E-state index < -0.39 is 6.17 Å². The van der Waals surface area contributed by atoms with Gasteiger partial charge in [0.2, 0.25) is 0 Å². The molecule has 0 radical (unpaired) electrons. The van der Waals surface area contributed by atoms with Gasteiger partial charge in [-0.1, -0.05) is 0 Å². The molecular weight excluding hydrogens is 155 g/mol. The molecule has 0 amide bonds. The quantitative estimate of drug-likeness (QED) is 0.638. The molecule has 2 heterocycles. The van der Waals surface area contributed by atoms with Gasteiger partial charge in [0.25, 0.3) is 0 Å². The van der Waals surface area contributed by atoms with Crippen LogP contribution in [0.2, 0.25) is 0 Å². The zero-order valence-corrected chi connectivity index (χ0v) is 7.59. The van der Waals surface area contributed by atoms with Crippen molar-refractivity contribution in [2.24, 2.45) is 0 Å². The van der Waals surface area contributed by atoms with Crippen LogP contribution in [0, 0.1) is 0 Å². The maximum Gasteiger partial charge on any atom is 0.117 e. The van der Waals surface area contributed by atoms with Gasteiger partial charge in [-0.25, -0.2) is 4.39 Å². The first-order valence-electron chi connectivity index (χ1n) is 4.90. The van der Waals surface area contributed by atoms with Crippen LogP contribution < -0.4 is 5.32 Å². The van der Waals surface area contributed by atoms with Crippen molar-refractivity contribution >= 4 is 0 Å². The van der Waals surface area contributed by atoms with Crippen molar-refractivity contribution in [3.8, 4) is 0 Å². The van der Waals surface area contributed by atoms with Crippen molar-refractivity contribution in [1.29, 1.82) is 0 Å². The summed E-state index contributed by atoms with van der Waals surface area (Å²) in [5.74, 6) is 0. The zero-order valence-electron chi connectivity index (χ0n) is 7.59. The fraction of sp³-hybridized carbons (Fsp3) is 1.00. The van der Waals surface area contributed by atoms with Gasteiger partial charge in [0.1, 0.15) is 6.17 Å². The molecule has 2 saturated heterocycles. The van der Waals surface area contributed by atoms with Gasteiger partial charge in [-0.2, -0.15) is 0 Å². The van der Waals surface area contributed by atoms with E-state index in [-0.39, 0.29) is 6.04 Å². The normalized spacial score (nSPS) is 43.0. The topological polar surface area (TPSA) is 15.3 Å². The molecule has 0 aromatic rings. The van der Waals surface area contributed by atoms with E-state index in [2.05, 4.69) is 10.2 Å². The summed E-state index contributed by atoms with van der Waals surface area (Å²) in [6, 6.07) is 0.219. The van der Waals surface area contributed by atoms with Crippen LogP contribution in [-0.4, -0.2) is 36.9 Å². The molecule has 0 aromatic carbocycles. The van der Waals surface area contributed by atoms with E-state index in [1.54, 1.807) is 0 Å². The summed E-state index contributed by atoms with van der Waals surface area (Å²) < 4.78 is 13.3. The standard InChI is InChI=1S/C9H17FN2/c1-11-9-4-2-3-8-7(10)5-6-12(8)9/h7-9,11H,2-6H2,1H3/t7?,8?,9-/m1/s1. The monoisotopic (exact) mass is 172 g/mol. The average molecular weight is 172 g/mol. The van der Waals surface area contributed by atoms with E-state index in [1.165, 1.54) is 12.8 Å². The van der Waals surface area contributed by atoms with Gasteiger partial charge in [-0.05, 0) is 32.7 Å². The average Bonchev–Trinajstić information content (AvgIpc) is 2.48. The van der Waals surface area contributed by atoms with Crippen molar-refractivity contribution in [2.75, 3.05) is 13.6 Å². The van der Waals surface area contributed by atoms with Gasteiger partial charge in [0.15, 0.2) is 0 Å². The highest BCUT2D eigenvalue weighted by atomic mass is 19.1. The second-order valence-corrected chi connectivity index (χ2v) is 3.85. The largest absolute Gasteiger partial charge is 0.305 e. The van der Waals surface area contributed by atoms with Crippen LogP contribution in [0.1, 0.15) is 25.7 Å². The summed E-state index contributed by atoms with van der Waals surface area (Å²) in [6.45, 7) is 0.942. The molecule has 2 fully saturated rings. The van der Waals surface area contributed by atoms with E-state index >= 15 is 0 Å². The zero-order chi connectivity index (χ0) is 8.55. The Morgan fingerprint density at radius 1 is 1.33 bits per heavy atom. The Morgan fingerprint density at radius 3 is 2.92 bits per heavy atom. The Balaban J connectivity index is 2.04. The molecule has 0 saturated carbocycles. The summed E-state index contributed by atoms with van der Waals surface area (Å²) in [6.07, 6.45) is 4.01. The van der Waals surface area contributed by atoms with E-state index in [0.717, 1.165) is 19.4 Å². The SMILES string of the molecule is CN[C@H]1CCCC2C(F)CCN21. The molecule has 3 atom stereocenters. The Labute approximate surface area is 73.1 Å². The molecule has 0 aliphatic carbocycles. The van der Waals surface area contributed by atoms with Crippen molar-refractivity contribution in [2.45, 2.75) is 44.1 Å². The maximum absolute atomic E-state index is 13.3. The summed E-state index contributed by atoms with van der Waals surface area (Å²) >= 11 is 0. The van der Waals surface area contributed by atoms with Crippen LogP contribution >= 0.6 is 0 Å². The lowest BCUT2D eigenvalue weighted by molar-refractivity contribution is 0.0784. The van der Waals surface area contributed by atoms with Crippen LogP contribution in [0.25, 0.3) is 0 Å². The first-order chi connectivity index (χ1) is 5.83. The van der Waals surface area contributed by atoms with Gasteiger partial charge in [0.05, 0.1) is 6.17 Å². The molecule has 2 rings (SSSR count). The highest BCUT2D eigenvalue weighted by Crippen LogP contribution is 2.31. The highest BCUT2D eigenvalue weighted by molar-refractivity contribution is 4.93. The van der Waals surface area contributed by atoms with Crippen molar-refractivity contribution in [3.05, 3.63) is 0 Å². The van der Waals surface area contributed by atoms with Gasteiger partial charge in [0, 0.05) is 12.6 Å². The number of hydrogen-bond donors (Lipinski definition) is 1. The minimum Gasteiger partial charge on any atom is -0.305 e. The summed E-state index contributed by atoms with van der Waals surface area (Å²) in [7, 11) is 1.97. The molecule has 2 aliphatic heterocycles. The number of piperidine rings is 1. The number of rotatable bonds is 1. The van der Waals surface area contributed by atoms with Gasteiger partial charge in [-0.15, -0.1) is 0 Å². The van der Waals surface area contributed by atoms with Gasteiger partial charge < -0.3 is 5.32 Å². The first kappa shape index (κ1) is 8.45. The third-order valence-corrected chi connectivity index (χ3v) is 3.22. The Bertz CT molecular complexity index is 163. The summed E-state index contributed by atoms with van der Waals surface area (Å²) in [5, 5.41) is 3.26. The van der Waals surface area contributed by atoms with Crippen LogP contribution in [0.5, 0.6) is 0 Å². The summed E-state index contributed by atoms with van der Waals surface area (Å²) in [5.41, 5.74) is 0. The van der Waals surface area contributed by atoms with E-state index in [1.807, 2.05) is 7.05 Å². The van der Waals surface area contributed by atoms with E-state index in [9.17, 15) is 4.39 Å². The molecule has 3 heteroatoms. The van der Waals surface area contributed by atoms with Crippen molar-refractivity contribution in [3.63, 3.8) is 0 Å². The number of halogens is 1. The maximum atomic E-state index is 13.3. The van der Waals surface area contributed by atoms with Gasteiger partial charge >= 0.3 is 0 Å². The lowest BCUT2D eigenvalue weighted by atomic mass is 10.00. The first-order valence-corrected chi connectivity index (χ1v) is 4.90. The van der Waals surface area contributed by atoms with Crippen molar-refractivity contribution < 1.29 is 4.39 Å². The van der Waals surface area contributed by atoms with Crippen LogP contribution in [-0.2, 0) is 0 Å². The Morgan fingerprint density at radius 2 is 2.17 bits per heavy atom. The fourth-order valence-electron chi connectivity index (χ4n) is 2.57. The lowest BCUT2D eigenvalue weighted by Crippen LogP contribution is -2.50. The predicted molar refractivity (Wildman–Crippen MR) is 46.7 cm³/mol. The molecule has 12 heavy (non-hydrogen) atoms. The molecule has 0 bridgehead atoms. The third-order valence-electron chi connectivity index (χ3n) is 3.22. The number of nitrogens with zero attached hydrogens (tertiary/aromatic N) is 1. The number of alkyl halides is 1. The minimum absolute atomic E-state index is 0.219. The third kappa shape index (κ3) is 1.25. The molecule has 70 valence electrons. The van der Waals surface area contributed by atoms with Crippen LogP contribution in [0.3, 0.4) is 0 Å². The predicted octanol–water partition coefficient (Wildman–Crippen LogP) is 1.13. The van der Waals surface area contributed by atoms with Gasteiger partial charge in [-0.3, -0.25) is 4.90 Å². The molecule has 2 unspecified atom stereocenters. The van der Waals surface area contributed by atoms with E-state index in [4.69, 9.17) is 0 Å². The van der Waals surface area contributed by atoms with E-state index in [0.29, 0.717) is 6.17 Å². The molecule has 0 spiro atoms. The smallest absolute Gasteiger partial charge is 0.117 e. The van der Waals surface area contributed by atoms with Crippen molar-refractivity contribution in [1.82, 2.24) is 10.2 Å². The molecule has 2 nitrogen and oxygen atoms in total.